The number of hydrogen-bond acceptors (Lipinski definition) is 3. The number of amides is 1. The maximum atomic E-state index is 14.1. The predicted molar refractivity (Wildman–Crippen MR) is 100 cm³/mol. The Kier molecular flexibility index (Phi) is 5.55. The highest BCUT2D eigenvalue weighted by atomic mass is 35.5. The van der Waals surface area contributed by atoms with Crippen LogP contribution in [0.4, 0.5) is 4.39 Å². The molecule has 1 aliphatic carbocycles. The van der Waals surface area contributed by atoms with Gasteiger partial charge in [-0.25, -0.2) is 9.37 Å². The predicted octanol–water partition coefficient (Wildman–Crippen LogP) is 2.91. The average Bonchev–Trinajstić information content (AvgIpc) is 3.26. The zero-order valence-corrected chi connectivity index (χ0v) is 15.9. The maximum absolute atomic E-state index is 14.1. The van der Waals surface area contributed by atoms with E-state index < -0.39 is 0 Å². The molecule has 8 heteroatoms. The number of aryl methyl sites for hydroxylation is 1. The molecule has 2 heterocycles. The van der Waals surface area contributed by atoms with Crippen molar-refractivity contribution in [3.8, 4) is 0 Å². The Bertz CT molecular complexity index is 792. The fourth-order valence-corrected chi connectivity index (χ4v) is 4.07. The first-order valence-electron chi connectivity index (χ1n) is 8.50. The largest absolute Gasteiger partial charge is 0.336 e. The van der Waals surface area contributed by atoms with Crippen LogP contribution in [0.5, 0.6) is 0 Å². The highest BCUT2D eigenvalue weighted by Gasteiger charge is 2.49. The molecule has 1 aliphatic heterocycles. The summed E-state index contributed by atoms with van der Waals surface area (Å²) in [4.78, 5) is 19.4. The summed E-state index contributed by atoms with van der Waals surface area (Å²) in [6.07, 6.45) is 4.27. The molecule has 2 fully saturated rings. The lowest BCUT2D eigenvalue weighted by Crippen LogP contribution is -2.50. The molecule has 3 unspecified atom stereocenters. The molecule has 1 saturated heterocycles. The van der Waals surface area contributed by atoms with Gasteiger partial charge in [0.1, 0.15) is 17.7 Å². The molecule has 1 aromatic carbocycles. The molecular weight excluding hydrogens is 378 g/mol. The summed E-state index contributed by atoms with van der Waals surface area (Å²) in [5.74, 6) is 0.280. The van der Waals surface area contributed by atoms with E-state index in [0.717, 1.165) is 12.4 Å². The summed E-state index contributed by atoms with van der Waals surface area (Å²) in [5.41, 5.74) is 0.478. The molecule has 1 amide bonds. The monoisotopic (exact) mass is 398 g/mol. The average molecular weight is 399 g/mol. The molecule has 26 heavy (non-hydrogen) atoms. The summed E-state index contributed by atoms with van der Waals surface area (Å²) in [5, 5.41) is 3.73. The summed E-state index contributed by atoms with van der Waals surface area (Å²) in [6, 6.07) is 4.58. The Morgan fingerprint density at radius 3 is 2.92 bits per heavy atom. The van der Waals surface area contributed by atoms with Gasteiger partial charge in [-0.05, 0) is 18.6 Å². The summed E-state index contributed by atoms with van der Waals surface area (Å²) in [6.45, 7) is 2.06. The van der Waals surface area contributed by atoms with Gasteiger partial charge in [0, 0.05) is 61.5 Å². The van der Waals surface area contributed by atoms with Crippen LogP contribution in [-0.2, 0) is 11.8 Å². The first-order chi connectivity index (χ1) is 12.1. The third-order valence-corrected chi connectivity index (χ3v) is 5.49. The number of aromatic nitrogens is 2. The third kappa shape index (κ3) is 3.33. The second-order valence-electron chi connectivity index (χ2n) is 6.73. The van der Waals surface area contributed by atoms with Crippen LogP contribution in [0, 0.1) is 11.7 Å². The molecule has 0 spiro atoms. The van der Waals surface area contributed by atoms with Crippen molar-refractivity contribution >= 4 is 29.9 Å². The van der Waals surface area contributed by atoms with Gasteiger partial charge in [0.15, 0.2) is 0 Å². The van der Waals surface area contributed by atoms with E-state index in [-0.39, 0.29) is 42.0 Å². The molecule has 3 atom stereocenters. The Labute approximate surface area is 162 Å². The Hall–Kier alpha value is -1.63. The van der Waals surface area contributed by atoms with Gasteiger partial charge in [-0.3, -0.25) is 4.79 Å². The summed E-state index contributed by atoms with van der Waals surface area (Å²) >= 11 is 6.16. The standard InChI is InChI=1S/C18H20ClFN4O.ClH/c1-23-7-6-22-17(23)15-10-21-5-8-24(15)18(25)12-9-11(12)16-13(19)3-2-4-14(16)20;/h2-4,6-7,11-12,15,21H,5,8-10H2,1H3;1H. The number of benzene rings is 1. The van der Waals surface area contributed by atoms with Crippen molar-refractivity contribution in [3.05, 3.63) is 52.8 Å². The van der Waals surface area contributed by atoms with Gasteiger partial charge in [0.2, 0.25) is 5.91 Å². The number of carbonyl (C=O) groups is 1. The SMILES string of the molecule is Cl.Cn1ccnc1C1CNCCN1C(=O)C1CC1c1c(F)cccc1Cl. The molecule has 0 bridgehead atoms. The van der Waals surface area contributed by atoms with Crippen LogP contribution < -0.4 is 5.32 Å². The van der Waals surface area contributed by atoms with Gasteiger partial charge >= 0.3 is 0 Å². The number of piperazine rings is 1. The second kappa shape index (κ2) is 7.55. The van der Waals surface area contributed by atoms with Crippen LogP contribution in [0.15, 0.2) is 30.6 Å². The number of carbonyl (C=O) groups excluding carboxylic acids is 1. The van der Waals surface area contributed by atoms with Crippen LogP contribution in [0.2, 0.25) is 5.02 Å². The number of nitrogens with one attached hydrogen (secondary N) is 1. The number of rotatable bonds is 3. The number of nitrogens with zero attached hydrogens (tertiary/aromatic N) is 3. The Morgan fingerprint density at radius 2 is 2.23 bits per heavy atom. The number of imidazole rings is 1. The highest BCUT2D eigenvalue weighted by Crippen LogP contribution is 2.51. The maximum Gasteiger partial charge on any atom is 0.227 e. The van der Waals surface area contributed by atoms with Crippen molar-refractivity contribution in [2.24, 2.45) is 13.0 Å². The molecule has 5 nitrogen and oxygen atoms in total. The lowest BCUT2D eigenvalue weighted by molar-refractivity contribution is -0.136. The fraction of sp³-hybridized carbons (Fsp3) is 0.444. The van der Waals surface area contributed by atoms with Crippen LogP contribution in [0.25, 0.3) is 0 Å². The lowest BCUT2D eigenvalue weighted by atomic mass is 10.1. The van der Waals surface area contributed by atoms with Crippen LogP contribution in [0.3, 0.4) is 0 Å². The first kappa shape index (κ1) is 19.1. The molecule has 2 aliphatic rings. The van der Waals surface area contributed by atoms with Crippen molar-refractivity contribution in [2.45, 2.75) is 18.4 Å². The van der Waals surface area contributed by atoms with Gasteiger partial charge in [0.25, 0.3) is 0 Å². The molecule has 140 valence electrons. The van der Waals surface area contributed by atoms with Gasteiger partial charge in [-0.1, -0.05) is 17.7 Å². The quantitative estimate of drug-likeness (QED) is 0.864. The zero-order chi connectivity index (χ0) is 17.6. The second-order valence-corrected chi connectivity index (χ2v) is 7.14. The van der Waals surface area contributed by atoms with Crippen LogP contribution >= 0.6 is 24.0 Å². The van der Waals surface area contributed by atoms with Crippen LogP contribution in [0.1, 0.15) is 29.8 Å². The first-order valence-corrected chi connectivity index (χ1v) is 8.88. The fourth-order valence-electron chi connectivity index (χ4n) is 3.76. The molecule has 2 aromatic rings. The smallest absolute Gasteiger partial charge is 0.227 e. The topological polar surface area (TPSA) is 50.2 Å². The number of hydrogen-bond donors (Lipinski definition) is 1. The zero-order valence-electron chi connectivity index (χ0n) is 14.4. The van der Waals surface area contributed by atoms with Gasteiger partial charge in [-0.15, -0.1) is 12.4 Å². The minimum atomic E-state index is -0.325. The van der Waals surface area contributed by atoms with Gasteiger partial charge in [0.05, 0.1) is 0 Å². The summed E-state index contributed by atoms with van der Waals surface area (Å²) in [7, 11) is 1.93. The molecule has 1 N–H and O–H groups in total. The van der Waals surface area contributed by atoms with E-state index >= 15 is 0 Å². The molecular formula is C18H21Cl2FN4O. The minimum Gasteiger partial charge on any atom is -0.336 e. The normalized spacial score (nSPS) is 24.9. The molecule has 4 rings (SSSR count). The third-order valence-electron chi connectivity index (χ3n) is 5.16. The molecule has 1 saturated carbocycles. The van der Waals surface area contributed by atoms with Gasteiger partial charge < -0.3 is 14.8 Å². The summed E-state index contributed by atoms with van der Waals surface area (Å²) < 4.78 is 16.1. The molecule has 1 aromatic heterocycles. The van der Waals surface area contributed by atoms with Crippen molar-refractivity contribution in [2.75, 3.05) is 19.6 Å². The van der Waals surface area contributed by atoms with Crippen molar-refractivity contribution in [3.63, 3.8) is 0 Å². The van der Waals surface area contributed by atoms with E-state index in [1.165, 1.54) is 6.07 Å². The highest BCUT2D eigenvalue weighted by molar-refractivity contribution is 6.31. The molecule has 0 radical (unpaired) electrons. The van der Waals surface area contributed by atoms with E-state index in [1.54, 1.807) is 18.3 Å². The minimum absolute atomic E-state index is 0. The van der Waals surface area contributed by atoms with Crippen molar-refractivity contribution < 1.29 is 9.18 Å². The van der Waals surface area contributed by atoms with E-state index in [9.17, 15) is 9.18 Å². The van der Waals surface area contributed by atoms with Crippen molar-refractivity contribution in [1.29, 1.82) is 0 Å². The Morgan fingerprint density at radius 1 is 1.42 bits per heavy atom. The van der Waals surface area contributed by atoms with E-state index in [2.05, 4.69) is 10.3 Å². The van der Waals surface area contributed by atoms with E-state index in [4.69, 9.17) is 11.6 Å². The van der Waals surface area contributed by atoms with Crippen LogP contribution in [-0.4, -0.2) is 40.0 Å². The van der Waals surface area contributed by atoms with Crippen molar-refractivity contribution in [1.82, 2.24) is 19.8 Å². The lowest BCUT2D eigenvalue weighted by Gasteiger charge is -2.36. The Balaban J connectivity index is 0.00000196. The van der Waals surface area contributed by atoms with Gasteiger partial charge in [-0.2, -0.15) is 0 Å². The number of halogens is 3. The van der Waals surface area contributed by atoms with E-state index in [1.807, 2.05) is 22.7 Å². The van der Waals surface area contributed by atoms with E-state index in [0.29, 0.717) is 30.1 Å².